The maximum atomic E-state index is 12.1. The van der Waals surface area contributed by atoms with E-state index in [4.69, 9.17) is 9.52 Å². The molecule has 1 aromatic carbocycles. The van der Waals surface area contributed by atoms with Gasteiger partial charge in [0, 0.05) is 4.47 Å². The molecule has 20 heavy (non-hydrogen) atoms. The third-order valence-electron chi connectivity index (χ3n) is 2.31. The largest absolute Gasteiger partial charge is 0.478 e. The third-order valence-corrected chi connectivity index (χ3v) is 4.61. The number of benzene rings is 1. The average molecular weight is 361 g/mol. The number of nitrogens with zero attached hydrogens (tertiary/aromatic N) is 1. The van der Waals surface area contributed by atoms with Crippen LogP contribution >= 0.6 is 15.9 Å². The van der Waals surface area contributed by atoms with E-state index in [1.807, 2.05) is 0 Å². The van der Waals surface area contributed by atoms with Gasteiger partial charge in [-0.05, 0) is 41.1 Å². The molecule has 1 aromatic heterocycles. The molecule has 0 atom stereocenters. The van der Waals surface area contributed by atoms with Crippen LogP contribution in [0.4, 0.5) is 6.01 Å². The van der Waals surface area contributed by atoms with Gasteiger partial charge in [-0.1, -0.05) is 0 Å². The van der Waals surface area contributed by atoms with E-state index >= 15 is 0 Å². The van der Waals surface area contributed by atoms with Crippen molar-refractivity contribution in [1.29, 1.82) is 0 Å². The topological polar surface area (TPSA) is 110 Å². The van der Waals surface area contributed by atoms with E-state index in [1.165, 1.54) is 24.5 Å². The van der Waals surface area contributed by atoms with Crippen molar-refractivity contribution in [3.05, 3.63) is 40.2 Å². The van der Waals surface area contributed by atoms with E-state index in [0.717, 1.165) is 0 Å². The van der Waals surface area contributed by atoms with E-state index in [-0.39, 0.29) is 20.9 Å². The zero-order valence-electron chi connectivity index (χ0n) is 10.1. The molecule has 2 aromatic rings. The fourth-order valence-corrected chi connectivity index (χ4v) is 3.44. The number of aromatic nitrogens is 1. The van der Waals surface area contributed by atoms with Crippen molar-refractivity contribution >= 4 is 37.9 Å². The standard InChI is InChI=1S/C11H9BrN2O5S/c1-6-5-19-11(13-6)14-20(17,18)9-3-2-7(10(15)16)4-8(9)12/h2-5H,1H3,(H,13,14)(H,15,16). The van der Waals surface area contributed by atoms with E-state index in [2.05, 4.69) is 25.6 Å². The van der Waals surface area contributed by atoms with Crippen LogP contribution in [0, 0.1) is 6.92 Å². The number of aromatic carboxylic acids is 1. The number of rotatable bonds is 4. The number of nitrogens with one attached hydrogen (secondary N) is 1. The van der Waals surface area contributed by atoms with Crippen LogP contribution in [0.15, 0.2) is 38.2 Å². The molecule has 0 saturated carbocycles. The highest BCUT2D eigenvalue weighted by Crippen LogP contribution is 2.25. The number of halogens is 1. The first kappa shape index (κ1) is 14.5. The highest BCUT2D eigenvalue weighted by molar-refractivity contribution is 9.10. The first-order valence-electron chi connectivity index (χ1n) is 5.27. The minimum Gasteiger partial charge on any atom is -0.478 e. The molecule has 0 bridgehead atoms. The molecule has 7 nitrogen and oxygen atoms in total. The van der Waals surface area contributed by atoms with Gasteiger partial charge in [-0.25, -0.2) is 17.9 Å². The molecular weight excluding hydrogens is 352 g/mol. The van der Waals surface area contributed by atoms with Crippen molar-refractivity contribution in [3.63, 3.8) is 0 Å². The van der Waals surface area contributed by atoms with Crippen molar-refractivity contribution in [2.75, 3.05) is 4.72 Å². The van der Waals surface area contributed by atoms with Crippen LogP contribution < -0.4 is 4.72 Å². The number of carbonyl (C=O) groups is 1. The quantitative estimate of drug-likeness (QED) is 0.864. The molecule has 0 aliphatic rings. The van der Waals surface area contributed by atoms with Crippen molar-refractivity contribution in [1.82, 2.24) is 4.98 Å². The lowest BCUT2D eigenvalue weighted by atomic mass is 10.2. The van der Waals surface area contributed by atoms with Crippen molar-refractivity contribution in [3.8, 4) is 0 Å². The van der Waals surface area contributed by atoms with Gasteiger partial charge in [0.15, 0.2) is 0 Å². The summed E-state index contributed by atoms with van der Waals surface area (Å²) in [4.78, 5) is 14.5. The molecule has 0 spiro atoms. The lowest BCUT2D eigenvalue weighted by Crippen LogP contribution is -2.14. The summed E-state index contributed by atoms with van der Waals surface area (Å²) in [6, 6.07) is 3.43. The fourth-order valence-electron chi connectivity index (χ4n) is 1.42. The molecule has 2 N–H and O–H groups in total. The molecule has 1 heterocycles. The summed E-state index contributed by atoms with van der Waals surface area (Å²) < 4.78 is 31.5. The Kier molecular flexibility index (Phi) is 3.82. The summed E-state index contributed by atoms with van der Waals surface area (Å²) >= 11 is 3.04. The SMILES string of the molecule is Cc1coc(NS(=O)(=O)c2ccc(C(=O)O)cc2Br)n1. The van der Waals surface area contributed by atoms with Gasteiger partial charge in [0.25, 0.3) is 10.0 Å². The number of hydrogen-bond acceptors (Lipinski definition) is 5. The van der Waals surface area contributed by atoms with Crippen LogP contribution in [0.5, 0.6) is 0 Å². The molecule has 2 rings (SSSR count). The van der Waals surface area contributed by atoms with Gasteiger partial charge in [0.1, 0.15) is 11.2 Å². The van der Waals surface area contributed by atoms with Gasteiger partial charge < -0.3 is 9.52 Å². The van der Waals surface area contributed by atoms with Gasteiger partial charge in [-0.15, -0.1) is 0 Å². The summed E-state index contributed by atoms with van der Waals surface area (Å²) in [5.41, 5.74) is 0.505. The van der Waals surface area contributed by atoms with Crippen molar-refractivity contribution in [2.45, 2.75) is 11.8 Å². The molecule has 0 radical (unpaired) electrons. The second-order valence-electron chi connectivity index (χ2n) is 3.85. The first-order chi connectivity index (χ1) is 9.29. The Hall–Kier alpha value is -1.87. The van der Waals surface area contributed by atoms with Crippen molar-refractivity contribution in [2.24, 2.45) is 0 Å². The van der Waals surface area contributed by atoms with Crippen LogP contribution in [0.2, 0.25) is 0 Å². The zero-order valence-corrected chi connectivity index (χ0v) is 12.5. The number of anilines is 1. The number of hydrogen-bond donors (Lipinski definition) is 2. The fraction of sp³-hybridized carbons (Fsp3) is 0.0909. The second-order valence-corrected chi connectivity index (χ2v) is 6.36. The van der Waals surface area contributed by atoms with E-state index in [0.29, 0.717) is 5.69 Å². The first-order valence-corrected chi connectivity index (χ1v) is 7.55. The van der Waals surface area contributed by atoms with E-state index < -0.39 is 16.0 Å². The lowest BCUT2D eigenvalue weighted by Gasteiger charge is -2.07. The van der Waals surface area contributed by atoms with E-state index in [9.17, 15) is 13.2 Å². The lowest BCUT2D eigenvalue weighted by molar-refractivity contribution is 0.0696. The molecule has 106 valence electrons. The summed E-state index contributed by atoms with van der Waals surface area (Å²) in [5.74, 6) is -1.15. The van der Waals surface area contributed by atoms with Crippen LogP contribution in [-0.4, -0.2) is 24.5 Å². The molecule has 0 aliphatic heterocycles. The van der Waals surface area contributed by atoms with Crippen LogP contribution in [0.25, 0.3) is 0 Å². The monoisotopic (exact) mass is 360 g/mol. The molecule has 0 saturated heterocycles. The Morgan fingerprint density at radius 1 is 1.45 bits per heavy atom. The van der Waals surface area contributed by atoms with Crippen LogP contribution in [-0.2, 0) is 10.0 Å². The van der Waals surface area contributed by atoms with E-state index in [1.54, 1.807) is 6.92 Å². The van der Waals surface area contributed by atoms with Gasteiger partial charge in [-0.3, -0.25) is 0 Å². The smallest absolute Gasteiger partial charge is 0.335 e. The summed E-state index contributed by atoms with van der Waals surface area (Å²) in [6.45, 7) is 1.65. The molecule has 0 amide bonds. The zero-order chi connectivity index (χ0) is 14.9. The van der Waals surface area contributed by atoms with Gasteiger partial charge >= 0.3 is 12.0 Å². The average Bonchev–Trinajstić information content (AvgIpc) is 2.73. The second kappa shape index (κ2) is 5.25. The highest BCUT2D eigenvalue weighted by Gasteiger charge is 2.21. The Morgan fingerprint density at radius 2 is 2.15 bits per heavy atom. The summed E-state index contributed by atoms with van der Waals surface area (Å²) in [6.07, 6.45) is 1.31. The van der Waals surface area contributed by atoms with Gasteiger partial charge in [-0.2, -0.15) is 4.98 Å². The predicted octanol–water partition coefficient (Wildman–Crippen LogP) is 2.24. The summed E-state index contributed by atoms with van der Waals surface area (Å²) in [5, 5.41) is 8.83. The molecule has 9 heteroatoms. The maximum absolute atomic E-state index is 12.1. The third kappa shape index (κ3) is 2.99. The number of oxazole rings is 1. The predicted molar refractivity (Wildman–Crippen MR) is 73.1 cm³/mol. The number of sulfonamides is 1. The maximum Gasteiger partial charge on any atom is 0.335 e. The van der Waals surface area contributed by atoms with Gasteiger partial charge in [0.05, 0.1) is 11.3 Å². The number of carboxylic acids is 1. The number of aryl methyl sites for hydroxylation is 1. The number of carboxylic acid groups (broad SMARTS) is 1. The van der Waals surface area contributed by atoms with Crippen LogP contribution in [0.1, 0.15) is 16.1 Å². The molecule has 0 unspecified atom stereocenters. The Balaban J connectivity index is 2.37. The summed E-state index contributed by atoms with van der Waals surface area (Å²) in [7, 11) is -3.92. The van der Waals surface area contributed by atoms with Gasteiger partial charge in [0.2, 0.25) is 0 Å². The Bertz CT molecular complexity index is 769. The minimum absolute atomic E-state index is 0.0252. The minimum atomic E-state index is -3.92. The molecule has 0 fully saturated rings. The highest BCUT2D eigenvalue weighted by atomic mass is 79.9. The Morgan fingerprint density at radius 3 is 2.65 bits per heavy atom. The van der Waals surface area contributed by atoms with Crippen molar-refractivity contribution < 1.29 is 22.7 Å². The molecule has 0 aliphatic carbocycles. The normalized spacial score (nSPS) is 11.3. The Labute approximate surface area is 122 Å². The molecular formula is C11H9BrN2O5S. The van der Waals surface area contributed by atoms with Crippen LogP contribution in [0.3, 0.4) is 0 Å².